The molecule has 1 unspecified atom stereocenters. The van der Waals surface area contributed by atoms with E-state index in [1.54, 1.807) is 17.1 Å². The Balaban J connectivity index is 1.55. The summed E-state index contributed by atoms with van der Waals surface area (Å²) in [5.41, 5.74) is 0.697. The van der Waals surface area contributed by atoms with Crippen molar-refractivity contribution in [1.82, 2.24) is 19.8 Å². The molecule has 3 heterocycles. The first kappa shape index (κ1) is 13.6. The molecule has 0 aromatic carbocycles. The second-order valence-corrected chi connectivity index (χ2v) is 6.13. The van der Waals surface area contributed by atoms with Crippen LogP contribution in [0, 0.1) is 11.8 Å². The lowest BCUT2D eigenvalue weighted by atomic mass is 9.80. The number of nitrogens with one attached hydrogen (secondary N) is 1. The van der Waals surface area contributed by atoms with Crippen molar-refractivity contribution in [2.24, 2.45) is 18.9 Å². The molecule has 2 saturated heterocycles. The SMILES string of the molecule is Cn1cncc1C(=O)N1CCC(C2CCCNC2)CC1. The molecule has 0 spiro atoms. The second kappa shape index (κ2) is 5.95. The zero-order chi connectivity index (χ0) is 13.9. The van der Waals surface area contributed by atoms with Gasteiger partial charge in [0.2, 0.25) is 0 Å². The van der Waals surface area contributed by atoms with E-state index in [-0.39, 0.29) is 5.91 Å². The maximum absolute atomic E-state index is 12.4. The molecule has 0 aliphatic carbocycles. The fraction of sp³-hybridized carbons (Fsp3) is 0.733. The number of imidazole rings is 1. The average molecular weight is 276 g/mol. The van der Waals surface area contributed by atoms with Crippen LogP contribution in [0.2, 0.25) is 0 Å². The summed E-state index contributed by atoms with van der Waals surface area (Å²) >= 11 is 0. The van der Waals surface area contributed by atoms with Gasteiger partial charge in [0.1, 0.15) is 5.69 Å². The standard InChI is InChI=1S/C15H24N4O/c1-18-11-17-10-14(18)15(20)19-7-4-12(5-8-19)13-3-2-6-16-9-13/h10-13,16H,2-9H2,1H3. The van der Waals surface area contributed by atoms with Crippen molar-refractivity contribution in [2.45, 2.75) is 25.7 Å². The Hall–Kier alpha value is -1.36. The van der Waals surface area contributed by atoms with Crippen LogP contribution in [0.1, 0.15) is 36.2 Å². The molecule has 2 aliphatic rings. The summed E-state index contributed by atoms with van der Waals surface area (Å²) in [6.07, 6.45) is 8.31. The van der Waals surface area contributed by atoms with E-state index in [1.807, 2.05) is 11.9 Å². The van der Waals surface area contributed by atoms with Gasteiger partial charge in [0.25, 0.3) is 5.91 Å². The molecule has 5 nitrogen and oxygen atoms in total. The number of nitrogens with zero attached hydrogens (tertiary/aromatic N) is 3. The summed E-state index contributed by atoms with van der Waals surface area (Å²) in [7, 11) is 1.88. The van der Waals surface area contributed by atoms with E-state index in [4.69, 9.17) is 0 Å². The van der Waals surface area contributed by atoms with Crippen molar-refractivity contribution in [3.05, 3.63) is 18.2 Å². The quantitative estimate of drug-likeness (QED) is 0.885. The minimum Gasteiger partial charge on any atom is -0.337 e. The van der Waals surface area contributed by atoms with Crippen LogP contribution in [0.25, 0.3) is 0 Å². The van der Waals surface area contributed by atoms with E-state index in [2.05, 4.69) is 10.3 Å². The van der Waals surface area contributed by atoms with Gasteiger partial charge in [-0.05, 0) is 50.6 Å². The third-order valence-corrected chi connectivity index (χ3v) is 4.86. The van der Waals surface area contributed by atoms with E-state index >= 15 is 0 Å². The number of aromatic nitrogens is 2. The predicted octanol–water partition coefficient (Wildman–Crippen LogP) is 1.27. The van der Waals surface area contributed by atoms with E-state index in [1.165, 1.54) is 25.9 Å². The minimum absolute atomic E-state index is 0.130. The van der Waals surface area contributed by atoms with Gasteiger partial charge in [-0.15, -0.1) is 0 Å². The number of carbonyl (C=O) groups excluding carboxylic acids is 1. The molecule has 1 aromatic heterocycles. The molecule has 3 rings (SSSR count). The van der Waals surface area contributed by atoms with Gasteiger partial charge in [-0.25, -0.2) is 4.98 Å². The average Bonchev–Trinajstić information content (AvgIpc) is 2.94. The smallest absolute Gasteiger partial charge is 0.272 e. The number of amides is 1. The summed E-state index contributed by atoms with van der Waals surface area (Å²) in [4.78, 5) is 18.4. The van der Waals surface area contributed by atoms with Crippen LogP contribution in [-0.4, -0.2) is 46.5 Å². The predicted molar refractivity (Wildman–Crippen MR) is 77.4 cm³/mol. The van der Waals surface area contributed by atoms with E-state index in [0.29, 0.717) is 5.69 Å². The first-order valence-electron chi connectivity index (χ1n) is 7.72. The van der Waals surface area contributed by atoms with Gasteiger partial charge in [0, 0.05) is 20.1 Å². The largest absolute Gasteiger partial charge is 0.337 e. The van der Waals surface area contributed by atoms with Crippen LogP contribution in [0.5, 0.6) is 0 Å². The Morgan fingerprint density at radius 2 is 2.10 bits per heavy atom. The van der Waals surface area contributed by atoms with Crippen LogP contribution < -0.4 is 5.32 Å². The molecule has 1 amide bonds. The lowest BCUT2D eigenvalue weighted by Crippen LogP contribution is -2.43. The third kappa shape index (κ3) is 2.73. The van der Waals surface area contributed by atoms with Gasteiger partial charge in [-0.1, -0.05) is 0 Å². The van der Waals surface area contributed by atoms with Gasteiger partial charge in [-0.3, -0.25) is 4.79 Å². The summed E-state index contributed by atoms with van der Waals surface area (Å²) in [5, 5.41) is 3.50. The topological polar surface area (TPSA) is 50.2 Å². The molecule has 0 bridgehead atoms. The first-order chi connectivity index (χ1) is 9.75. The Labute approximate surface area is 120 Å². The van der Waals surface area contributed by atoms with Gasteiger partial charge < -0.3 is 14.8 Å². The summed E-state index contributed by atoms with van der Waals surface area (Å²) < 4.78 is 1.81. The van der Waals surface area contributed by atoms with Crippen LogP contribution in [0.15, 0.2) is 12.5 Å². The molecule has 5 heteroatoms. The Morgan fingerprint density at radius 3 is 2.70 bits per heavy atom. The highest BCUT2D eigenvalue weighted by Crippen LogP contribution is 2.29. The monoisotopic (exact) mass is 276 g/mol. The summed E-state index contributed by atoms with van der Waals surface area (Å²) in [5.74, 6) is 1.74. The molecule has 2 aliphatic heterocycles. The fourth-order valence-electron chi connectivity index (χ4n) is 3.58. The number of carbonyl (C=O) groups is 1. The van der Waals surface area contributed by atoms with E-state index < -0.39 is 0 Å². The van der Waals surface area contributed by atoms with Crippen LogP contribution in [-0.2, 0) is 7.05 Å². The van der Waals surface area contributed by atoms with Crippen LogP contribution >= 0.6 is 0 Å². The van der Waals surface area contributed by atoms with Crippen molar-refractivity contribution in [2.75, 3.05) is 26.2 Å². The van der Waals surface area contributed by atoms with Crippen molar-refractivity contribution in [3.63, 3.8) is 0 Å². The molecule has 1 N–H and O–H groups in total. The summed E-state index contributed by atoms with van der Waals surface area (Å²) in [6.45, 7) is 4.13. The zero-order valence-corrected chi connectivity index (χ0v) is 12.2. The molecule has 0 radical (unpaired) electrons. The molecule has 20 heavy (non-hydrogen) atoms. The highest BCUT2D eigenvalue weighted by atomic mass is 16.2. The number of aryl methyl sites for hydroxylation is 1. The minimum atomic E-state index is 0.130. The molecular weight excluding hydrogens is 252 g/mol. The maximum Gasteiger partial charge on any atom is 0.272 e. The third-order valence-electron chi connectivity index (χ3n) is 4.86. The van der Waals surface area contributed by atoms with Crippen LogP contribution in [0.3, 0.4) is 0 Å². The molecule has 110 valence electrons. The van der Waals surface area contributed by atoms with Gasteiger partial charge in [0.15, 0.2) is 0 Å². The van der Waals surface area contributed by atoms with Crippen molar-refractivity contribution >= 4 is 5.91 Å². The molecular formula is C15H24N4O. The number of piperidine rings is 2. The summed E-state index contributed by atoms with van der Waals surface area (Å²) in [6, 6.07) is 0. The second-order valence-electron chi connectivity index (χ2n) is 6.13. The Kier molecular flexibility index (Phi) is 4.05. The highest BCUT2D eigenvalue weighted by Gasteiger charge is 2.30. The van der Waals surface area contributed by atoms with Crippen molar-refractivity contribution in [3.8, 4) is 0 Å². The number of hydrogen-bond acceptors (Lipinski definition) is 3. The first-order valence-corrected chi connectivity index (χ1v) is 7.72. The molecule has 1 aromatic rings. The maximum atomic E-state index is 12.4. The molecule has 2 fully saturated rings. The van der Waals surface area contributed by atoms with Gasteiger partial charge >= 0.3 is 0 Å². The number of rotatable bonds is 2. The van der Waals surface area contributed by atoms with Crippen LogP contribution in [0.4, 0.5) is 0 Å². The van der Waals surface area contributed by atoms with Gasteiger partial charge in [-0.2, -0.15) is 0 Å². The van der Waals surface area contributed by atoms with E-state index in [0.717, 1.165) is 37.8 Å². The zero-order valence-electron chi connectivity index (χ0n) is 12.2. The Morgan fingerprint density at radius 1 is 1.30 bits per heavy atom. The number of hydrogen-bond donors (Lipinski definition) is 1. The lowest BCUT2D eigenvalue weighted by molar-refractivity contribution is 0.0636. The molecule has 0 saturated carbocycles. The van der Waals surface area contributed by atoms with E-state index in [9.17, 15) is 4.79 Å². The van der Waals surface area contributed by atoms with Gasteiger partial charge in [0.05, 0.1) is 12.5 Å². The molecule has 1 atom stereocenters. The van der Waals surface area contributed by atoms with Crippen molar-refractivity contribution in [1.29, 1.82) is 0 Å². The Bertz CT molecular complexity index is 456. The van der Waals surface area contributed by atoms with Crippen molar-refractivity contribution < 1.29 is 4.79 Å². The number of likely N-dealkylation sites (tertiary alicyclic amines) is 1. The highest BCUT2D eigenvalue weighted by molar-refractivity contribution is 5.92. The normalized spacial score (nSPS) is 24.9. The lowest BCUT2D eigenvalue weighted by Gasteiger charge is -2.37. The fourth-order valence-corrected chi connectivity index (χ4v) is 3.58.